The summed E-state index contributed by atoms with van der Waals surface area (Å²) >= 11 is 0. The second kappa shape index (κ2) is 9.53. The van der Waals surface area contributed by atoms with Crippen molar-refractivity contribution in [2.45, 2.75) is 65.2 Å². The summed E-state index contributed by atoms with van der Waals surface area (Å²) in [6.07, 6.45) is 4.57. The van der Waals surface area contributed by atoms with Crippen LogP contribution in [0.4, 0.5) is 0 Å². The van der Waals surface area contributed by atoms with Crippen molar-refractivity contribution in [1.82, 2.24) is 19.8 Å². The van der Waals surface area contributed by atoms with E-state index in [0.29, 0.717) is 24.3 Å². The standard InChI is InChI=1S/C29H38N4O/c1-19(2)28-25-17-23(7-8-26(25)31-29(28)24-15-20(3)30-21(4)16-24)22-9-13-33(14-10-22)27(34)18-32-11-5-6-12-32/h7-8,15-17,19,22,31H,5-6,9-14,18H2,1-4H3. The van der Waals surface area contributed by atoms with Gasteiger partial charge in [-0.25, -0.2) is 0 Å². The van der Waals surface area contributed by atoms with E-state index in [2.05, 4.69) is 77.8 Å². The number of aromatic nitrogens is 2. The predicted octanol–water partition coefficient (Wildman–Crippen LogP) is 5.77. The van der Waals surface area contributed by atoms with Gasteiger partial charge in [0.25, 0.3) is 0 Å². The summed E-state index contributed by atoms with van der Waals surface area (Å²) in [4.78, 5) is 25.4. The lowest BCUT2D eigenvalue weighted by Crippen LogP contribution is -2.43. The van der Waals surface area contributed by atoms with E-state index in [0.717, 1.165) is 50.4 Å². The van der Waals surface area contributed by atoms with E-state index in [9.17, 15) is 4.79 Å². The van der Waals surface area contributed by atoms with Gasteiger partial charge in [-0.15, -0.1) is 0 Å². The molecule has 0 unspecified atom stereocenters. The number of nitrogens with one attached hydrogen (secondary N) is 1. The molecule has 2 aromatic heterocycles. The van der Waals surface area contributed by atoms with Gasteiger partial charge in [0.2, 0.25) is 5.91 Å². The molecule has 4 heterocycles. The van der Waals surface area contributed by atoms with Crippen LogP contribution in [-0.4, -0.2) is 58.4 Å². The highest BCUT2D eigenvalue weighted by Crippen LogP contribution is 2.38. The molecule has 3 aromatic rings. The number of aryl methyl sites for hydroxylation is 2. The lowest BCUT2D eigenvalue weighted by molar-refractivity contribution is -0.133. The van der Waals surface area contributed by atoms with E-state index in [1.54, 1.807) is 0 Å². The second-order valence-corrected chi connectivity index (χ2v) is 10.7. The molecule has 0 bridgehead atoms. The van der Waals surface area contributed by atoms with Crippen LogP contribution in [0.1, 0.15) is 73.9 Å². The van der Waals surface area contributed by atoms with Crippen molar-refractivity contribution in [3.05, 3.63) is 52.8 Å². The van der Waals surface area contributed by atoms with Gasteiger partial charge in [0.05, 0.1) is 12.2 Å². The number of nitrogens with zero attached hydrogens (tertiary/aromatic N) is 3. The molecule has 5 heteroatoms. The Morgan fingerprint density at radius 3 is 2.35 bits per heavy atom. The number of rotatable bonds is 5. The monoisotopic (exact) mass is 458 g/mol. The highest BCUT2D eigenvalue weighted by atomic mass is 16.2. The van der Waals surface area contributed by atoms with Crippen LogP contribution in [0.3, 0.4) is 0 Å². The molecule has 2 aliphatic heterocycles. The Bertz CT molecular complexity index is 1160. The van der Waals surface area contributed by atoms with Crippen LogP contribution >= 0.6 is 0 Å². The van der Waals surface area contributed by atoms with Gasteiger partial charge in [0, 0.05) is 40.9 Å². The van der Waals surface area contributed by atoms with Crippen LogP contribution in [0.2, 0.25) is 0 Å². The zero-order valence-electron chi connectivity index (χ0n) is 21.2. The largest absolute Gasteiger partial charge is 0.354 e. The Labute approximate surface area is 203 Å². The number of pyridine rings is 1. The highest BCUT2D eigenvalue weighted by molar-refractivity contribution is 5.92. The number of hydrogen-bond donors (Lipinski definition) is 1. The Kier molecular flexibility index (Phi) is 6.48. The first-order valence-corrected chi connectivity index (χ1v) is 13.0. The number of fused-ring (bicyclic) bond motifs is 1. The number of likely N-dealkylation sites (tertiary alicyclic amines) is 2. The molecule has 1 aromatic carbocycles. The fourth-order valence-electron chi connectivity index (χ4n) is 5.98. The van der Waals surface area contributed by atoms with Crippen molar-refractivity contribution in [1.29, 1.82) is 0 Å². The normalized spacial score (nSPS) is 17.9. The van der Waals surface area contributed by atoms with Crippen molar-refractivity contribution in [2.24, 2.45) is 0 Å². The smallest absolute Gasteiger partial charge is 0.236 e. The fourth-order valence-corrected chi connectivity index (χ4v) is 5.98. The summed E-state index contributed by atoms with van der Waals surface area (Å²) in [5.74, 6) is 1.25. The maximum Gasteiger partial charge on any atom is 0.236 e. The molecule has 0 radical (unpaired) electrons. The Morgan fingerprint density at radius 2 is 1.71 bits per heavy atom. The van der Waals surface area contributed by atoms with E-state index in [-0.39, 0.29) is 0 Å². The first kappa shape index (κ1) is 23.1. The van der Waals surface area contributed by atoms with Gasteiger partial charge in [0.15, 0.2) is 0 Å². The predicted molar refractivity (Wildman–Crippen MR) is 139 cm³/mol. The van der Waals surface area contributed by atoms with Crippen LogP contribution in [0.25, 0.3) is 22.2 Å². The summed E-state index contributed by atoms with van der Waals surface area (Å²) in [5.41, 5.74) is 8.54. The van der Waals surface area contributed by atoms with E-state index in [1.807, 2.05) is 0 Å². The molecule has 1 N–H and O–H groups in total. The van der Waals surface area contributed by atoms with Crippen molar-refractivity contribution in [3.63, 3.8) is 0 Å². The minimum absolute atomic E-state index is 0.316. The number of H-pyrrole nitrogens is 1. The maximum atomic E-state index is 12.8. The third kappa shape index (κ3) is 4.63. The summed E-state index contributed by atoms with van der Waals surface area (Å²) in [6, 6.07) is 11.3. The van der Waals surface area contributed by atoms with Crippen molar-refractivity contribution in [2.75, 3.05) is 32.7 Å². The van der Waals surface area contributed by atoms with E-state index in [1.165, 1.54) is 46.1 Å². The van der Waals surface area contributed by atoms with Gasteiger partial charge < -0.3 is 9.88 Å². The van der Waals surface area contributed by atoms with Gasteiger partial charge in [-0.3, -0.25) is 14.7 Å². The molecule has 0 aliphatic carbocycles. The van der Waals surface area contributed by atoms with Crippen LogP contribution in [0.15, 0.2) is 30.3 Å². The van der Waals surface area contributed by atoms with E-state index in [4.69, 9.17) is 0 Å². The van der Waals surface area contributed by atoms with Crippen LogP contribution < -0.4 is 0 Å². The van der Waals surface area contributed by atoms with Gasteiger partial charge >= 0.3 is 0 Å². The summed E-state index contributed by atoms with van der Waals surface area (Å²) in [7, 11) is 0. The number of carbonyl (C=O) groups is 1. The average Bonchev–Trinajstić information content (AvgIpc) is 3.45. The number of piperidine rings is 1. The first-order chi connectivity index (χ1) is 16.4. The molecule has 0 saturated carbocycles. The van der Waals surface area contributed by atoms with Gasteiger partial charge in [0.1, 0.15) is 0 Å². The average molecular weight is 459 g/mol. The molecule has 180 valence electrons. The number of hydrogen-bond acceptors (Lipinski definition) is 3. The fraction of sp³-hybridized carbons (Fsp3) is 0.517. The topological polar surface area (TPSA) is 52.2 Å². The van der Waals surface area contributed by atoms with Gasteiger partial charge in [-0.05, 0) is 99.8 Å². The van der Waals surface area contributed by atoms with Crippen molar-refractivity contribution < 1.29 is 4.79 Å². The number of carbonyl (C=O) groups excluding carboxylic acids is 1. The van der Waals surface area contributed by atoms with Gasteiger partial charge in [-0.1, -0.05) is 19.9 Å². The van der Waals surface area contributed by atoms with E-state index >= 15 is 0 Å². The number of amides is 1. The molecule has 1 amide bonds. The van der Waals surface area contributed by atoms with Crippen LogP contribution in [0, 0.1) is 13.8 Å². The molecule has 0 atom stereocenters. The first-order valence-electron chi connectivity index (χ1n) is 13.0. The molecule has 2 fully saturated rings. The van der Waals surface area contributed by atoms with Gasteiger partial charge in [-0.2, -0.15) is 0 Å². The molecule has 2 aliphatic rings. The third-order valence-electron chi connectivity index (χ3n) is 7.69. The second-order valence-electron chi connectivity index (χ2n) is 10.7. The quantitative estimate of drug-likeness (QED) is 0.528. The number of aromatic amines is 1. The zero-order valence-corrected chi connectivity index (χ0v) is 21.2. The Balaban J connectivity index is 1.37. The van der Waals surface area contributed by atoms with Crippen LogP contribution in [0.5, 0.6) is 0 Å². The SMILES string of the molecule is Cc1cc(-c2[nH]c3ccc(C4CCN(C(=O)CN5CCCC5)CC4)cc3c2C(C)C)cc(C)n1. The summed E-state index contributed by atoms with van der Waals surface area (Å²) < 4.78 is 0. The van der Waals surface area contributed by atoms with Crippen molar-refractivity contribution in [3.8, 4) is 11.3 Å². The van der Waals surface area contributed by atoms with Crippen molar-refractivity contribution >= 4 is 16.8 Å². The molecular weight excluding hydrogens is 420 g/mol. The lowest BCUT2D eigenvalue weighted by atomic mass is 9.87. The molecule has 34 heavy (non-hydrogen) atoms. The number of benzene rings is 1. The van der Waals surface area contributed by atoms with Crippen LogP contribution in [-0.2, 0) is 4.79 Å². The maximum absolute atomic E-state index is 12.8. The molecule has 5 nitrogen and oxygen atoms in total. The summed E-state index contributed by atoms with van der Waals surface area (Å²) in [5, 5.41) is 1.34. The lowest BCUT2D eigenvalue weighted by Gasteiger charge is -2.33. The molecule has 0 spiro atoms. The highest BCUT2D eigenvalue weighted by Gasteiger charge is 2.26. The third-order valence-corrected chi connectivity index (χ3v) is 7.69. The zero-order chi connectivity index (χ0) is 23.8. The minimum atomic E-state index is 0.316. The summed E-state index contributed by atoms with van der Waals surface area (Å²) in [6.45, 7) is 13.2. The molecular formula is C29H38N4O. The Morgan fingerprint density at radius 1 is 1.03 bits per heavy atom. The van der Waals surface area contributed by atoms with E-state index < -0.39 is 0 Å². The minimum Gasteiger partial charge on any atom is -0.354 e. The molecule has 5 rings (SSSR count). The molecule has 2 saturated heterocycles. The Hall–Kier alpha value is -2.66.